The fourth-order valence-corrected chi connectivity index (χ4v) is 2.39. The van der Waals surface area contributed by atoms with Gasteiger partial charge in [-0.15, -0.1) is 0 Å². The van der Waals surface area contributed by atoms with Gasteiger partial charge in [-0.1, -0.05) is 0 Å². The second-order valence-corrected chi connectivity index (χ2v) is 6.48. The first-order chi connectivity index (χ1) is 8.70. The van der Waals surface area contributed by atoms with Crippen LogP contribution in [0.2, 0.25) is 0 Å². The molecule has 0 spiro atoms. The lowest BCUT2D eigenvalue weighted by Gasteiger charge is -2.16. The Morgan fingerprint density at radius 2 is 1.74 bits per heavy atom. The highest BCUT2D eigenvalue weighted by Crippen LogP contribution is 2.38. The Labute approximate surface area is 108 Å². The number of aliphatic hydroxyl groups is 1. The van der Waals surface area contributed by atoms with Gasteiger partial charge in [0, 0.05) is 5.69 Å². The highest BCUT2D eigenvalue weighted by molar-refractivity contribution is 7.92. The molecule has 0 aromatic heterocycles. The Kier molecular flexibility index (Phi) is 3.26. The van der Waals surface area contributed by atoms with Crippen LogP contribution in [-0.2, 0) is 9.84 Å². The first-order valence-electron chi connectivity index (χ1n) is 5.51. The standard InChI is InChI=1S/C11H12F3NO3S/c12-11(13,14)19(17,18)9-3-1-8(2-4-9)15-10(7-16)5-6-10/h1-4,15-16H,5-7H2. The normalized spacial score (nSPS) is 18.1. The van der Waals surface area contributed by atoms with Crippen LogP contribution >= 0.6 is 0 Å². The Hall–Kier alpha value is -1.28. The van der Waals surface area contributed by atoms with Crippen molar-refractivity contribution in [1.29, 1.82) is 0 Å². The summed E-state index contributed by atoms with van der Waals surface area (Å²) in [5, 5.41) is 12.1. The minimum absolute atomic E-state index is 0.0738. The highest BCUT2D eigenvalue weighted by atomic mass is 32.2. The van der Waals surface area contributed by atoms with Crippen LogP contribution < -0.4 is 5.32 Å². The summed E-state index contributed by atoms with van der Waals surface area (Å²) < 4.78 is 59.2. The largest absolute Gasteiger partial charge is 0.501 e. The van der Waals surface area contributed by atoms with Crippen LogP contribution in [0.1, 0.15) is 12.8 Å². The van der Waals surface area contributed by atoms with Crippen molar-refractivity contribution in [3.8, 4) is 0 Å². The zero-order valence-electron chi connectivity index (χ0n) is 9.74. The minimum atomic E-state index is -5.30. The van der Waals surface area contributed by atoms with Gasteiger partial charge in [-0.05, 0) is 37.1 Å². The van der Waals surface area contributed by atoms with Gasteiger partial charge >= 0.3 is 5.51 Å². The molecule has 0 aliphatic heterocycles. The molecular weight excluding hydrogens is 283 g/mol. The summed E-state index contributed by atoms with van der Waals surface area (Å²) in [6.07, 6.45) is 1.54. The molecular formula is C11H12F3NO3S. The molecule has 0 heterocycles. The maximum Gasteiger partial charge on any atom is 0.501 e. The van der Waals surface area contributed by atoms with Crippen molar-refractivity contribution in [2.75, 3.05) is 11.9 Å². The molecule has 1 aliphatic rings. The van der Waals surface area contributed by atoms with E-state index in [0.29, 0.717) is 5.69 Å². The Bertz CT molecular complexity index is 562. The second-order valence-electron chi connectivity index (χ2n) is 4.54. The molecule has 0 atom stereocenters. The van der Waals surface area contributed by atoms with E-state index in [9.17, 15) is 21.6 Å². The molecule has 2 N–H and O–H groups in total. The average molecular weight is 295 g/mol. The molecule has 0 saturated heterocycles. The molecule has 1 aromatic carbocycles. The van der Waals surface area contributed by atoms with Crippen LogP contribution in [0.15, 0.2) is 29.2 Å². The van der Waals surface area contributed by atoms with Crippen molar-refractivity contribution in [1.82, 2.24) is 0 Å². The van der Waals surface area contributed by atoms with Gasteiger partial charge in [-0.25, -0.2) is 8.42 Å². The highest BCUT2D eigenvalue weighted by Gasteiger charge is 2.47. The predicted molar refractivity (Wildman–Crippen MR) is 62.4 cm³/mol. The molecule has 2 rings (SSSR count). The smallest absolute Gasteiger partial charge is 0.394 e. The first-order valence-corrected chi connectivity index (χ1v) is 6.99. The number of rotatable bonds is 4. The summed E-state index contributed by atoms with van der Waals surface area (Å²) in [6, 6.07) is 4.32. The fourth-order valence-electron chi connectivity index (χ4n) is 1.63. The van der Waals surface area contributed by atoms with Crippen molar-refractivity contribution in [3.63, 3.8) is 0 Å². The van der Waals surface area contributed by atoms with Crippen LogP contribution in [0.25, 0.3) is 0 Å². The molecule has 0 amide bonds. The van der Waals surface area contributed by atoms with Crippen molar-refractivity contribution in [3.05, 3.63) is 24.3 Å². The van der Waals surface area contributed by atoms with Crippen molar-refractivity contribution in [2.45, 2.75) is 28.8 Å². The third kappa shape index (κ3) is 2.69. The predicted octanol–water partition coefficient (Wildman–Crippen LogP) is 1.92. The first kappa shape index (κ1) is 14.1. The molecule has 1 aliphatic carbocycles. The Balaban J connectivity index is 2.20. The quantitative estimate of drug-likeness (QED) is 0.890. The fraction of sp³-hybridized carbons (Fsp3) is 0.455. The molecule has 1 fully saturated rings. The monoisotopic (exact) mass is 295 g/mol. The Morgan fingerprint density at radius 1 is 1.21 bits per heavy atom. The number of alkyl halides is 3. The molecule has 8 heteroatoms. The molecule has 0 bridgehead atoms. The molecule has 106 valence electrons. The van der Waals surface area contributed by atoms with E-state index in [1.807, 2.05) is 0 Å². The van der Waals surface area contributed by atoms with E-state index in [4.69, 9.17) is 5.11 Å². The number of aliphatic hydroxyl groups excluding tert-OH is 1. The lowest BCUT2D eigenvalue weighted by atomic mass is 10.2. The summed E-state index contributed by atoms with van der Waals surface area (Å²) in [7, 11) is -5.30. The number of benzene rings is 1. The van der Waals surface area contributed by atoms with E-state index in [2.05, 4.69) is 5.32 Å². The van der Waals surface area contributed by atoms with Crippen LogP contribution in [0.4, 0.5) is 18.9 Å². The zero-order chi connectivity index (χ0) is 14.3. The molecule has 1 saturated carbocycles. The van der Waals surface area contributed by atoms with Gasteiger partial charge in [0.05, 0.1) is 17.0 Å². The van der Waals surface area contributed by atoms with E-state index in [-0.39, 0.29) is 6.61 Å². The average Bonchev–Trinajstić information content (AvgIpc) is 3.09. The lowest BCUT2D eigenvalue weighted by Crippen LogP contribution is -2.26. The summed E-state index contributed by atoms with van der Waals surface area (Å²) in [5.41, 5.74) is -5.23. The van der Waals surface area contributed by atoms with Crippen LogP contribution in [0, 0.1) is 0 Å². The SMILES string of the molecule is O=S(=O)(c1ccc(NC2(CO)CC2)cc1)C(F)(F)F. The van der Waals surface area contributed by atoms with Crippen LogP contribution in [-0.4, -0.2) is 31.2 Å². The van der Waals surface area contributed by atoms with Crippen molar-refractivity contribution < 1.29 is 26.7 Å². The third-order valence-electron chi connectivity index (χ3n) is 3.04. The van der Waals surface area contributed by atoms with Gasteiger partial charge in [0.2, 0.25) is 0 Å². The number of hydrogen-bond acceptors (Lipinski definition) is 4. The second kappa shape index (κ2) is 4.38. The van der Waals surface area contributed by atoms with Gasteiger partial charge in [-0.3, -0.25) is 0 Å². The topological polar surface area (TPSA) is 66.4 Å². The maximum atomic E-state index is 12.3. The number of halogens is 3. The van der Waals surface area contributed by atoms with E-state index in [0.717, 1.165) is 25.0 Å². The zero-order valence-corrected chi connectivity index (χ0v) is 10.6. The van der Waals surface area contributed by atoms with Crippen LogP contribution in [0.5, 0.6) is 0 Å². The molecule has 4 nitrogen and oxygen atoms in total. The lowest BCUT2D eigenvalue weighted by molar-refractivity contribution is -0.0436. The van der Waals surface area contributed by atoms with Gasteiger partial charge < -0.3 is 10.4 Å². The van der Waals surface area contributed by atoms with E-state index in [1.165, 1.54) is 12.1 Å². The molecule has 19 heavy (non-hydrogen) atoms. The number of hydrogen-bond donors (Lipinski definition) is 2. The van der Waals surface area contributed by atoms with Gasteiger partial charge in [0.15, 0.2) is 0 Å². The summed E-state index contributed by atoms with van der Waals surface area (Å²) in [4.78, 5) is -0.792. The van der Waals surface area contributed by atoms with E-state index in [1.54, 1.807) is 0 Å². The Morgan fingerprint density at radius 3 is 2.11 bits per heavy atom. The maximum absolute atomic E-state index is 12.3. The van der Waals surface area contributed by atoms with E-state index >= 15 is 0 Å². The van der Waals surface area contributed by atoms with E-state index < -0.39 is 25.8 Å². The van der Waals surface area contributed by atoms with Crippen molar-refractivity contribution in [2.24, 2.45) is 0 Å². The van der Waals surface area contributed by atoms with Gasteiger partial charge in [0.25, 0.3) is 9.84 Å². The minimum Gasteiger partial charge on any atom is -0.394 e. The number of sulfone groups is 1. The number of nitrogens with one attached hydrogen (secondary N) is 1. The van der Waals surface area contributed by atoms with Gasteiger partial charge in [0.1, 0.15) is 0 Å². The van der Waals surface area contributed by atoms with Crippen LogP contribution in [0.3, 0.4) is 0 Å². The van der Waals surface area contributed by atoms with Crippen molar-refractivity contribution >= 4 is 15.5 Å². The third-order valence-corrected chi connectivity index (χ3v) is 4.54. The summed E-state index contributed by atoms with van der Waals surface area (Å²) in [5.74, 6) is 0. The van der Waals surface area contributed by atoms with Gasteiger partial charge in [-0.2, -0.15) is 13.2 Å². The summed E-state index contributed by atoms with van der Waals surface area (Å²) in [6.45, 7) is -0.0738. The molecule has 0 unspecified atom stereocenters. The number of anilines is 1. The molecule has 0 radical (unpaired) electrons. The molecule has 1 aromatic rings. The summed E-state index contributed by atoms with van der Waals surface area (Å²) >= 11 is 0.